The van der Waals surface area contributed by atoms with E-state index in [1.807, 2.05) is 18.3 Å². The summed E-state index contributed by atoms with van der Waals surface area (Å²) in [5, 5.41) is 11.6. The van der Waals surface area contributed by atoms with Crippen LogP contribution in [0.4, 0.5) is 6.01 Å². The fourth-order valence-corrected chi connectivity index (χ4v) is 3.19. The minimum Gasteiger partial charge on any atom is -0.408 e. The van der Waals surface area contributed by atoms with Gasteiger partial charge in [-0.2, -0.15) is 0 Å². The average Bonchev–Trinajstić information content (AvgIpc) is 3.04. The normalized spacial score (nSPS) is 20.5. The summed E-state index contributed by atoms with van der Waals surface area (Å²) in [6.45, 7) is 4.01. The van der Waals surface area contributed by atoms with Crippen LogP contribution >= 0.6 is 0 Å². The zero-order valence-corrected chi connectivity index (χ0v) is 13.7. The minimum atomic E-state index is 0.161. The predicted molar refractivity (Wildman–Crippen MR) is 88.7 cm³/mol. The van der Waals surface area contributed by atoms with E-state index in [4.69, 9.17) is 9.15 Å². The molecule has 7 nitrogen and oxygen atoms in total. The number of pyridine rings is 1. The van der Waals surface area contributed by atoms with E-state index in [9.17, 15) is 0 Å². The van der Waals surface area contributed by atoms with Crippen molar-refractivity contribution >= 4 is 6.01 Å². The van der Waals surface area contributed by atoms with Crippen molar-refractivity contribution in [2.24, 2.45) is 0 Å². The lowest BCUT2D eigenvalue weighted by molar-refractivity contribution is 0.0178. The van der Waals surface area contributed by atoms with Crippen molar-refractivity contribution in [1.82, 2.24) is 20.1 Å². The van der Waals surface area contributed by atoms with E-state index in [2.05, 4.69) is 31.5 Å². The first-order valence-corrected chi connectivity index (χ1v) is 8.70. The number of nitrogens with one attached hydrogen (secondary N) is 1. The first kappa shape index (κ1) is 15.5. The smallest absolute Gasteiger partial charge is 0.315 e. The Labute approximate surface area is 141 Å². The minimum absolute atomic E-state index is 0.161. The van der Waals surface area contributed by atoms with Gasteiger partial charge < -0.3 is 14.5 Å². The molecular formula is C17H23N5O2. The molecule has 0 amide bonds. The third-order valence-corrected chi connectivity index (χ3v) is 4.86. The summed E-state index contributed by atoms with van der Waals surface area (Å²) < 4.78 is 11.2. The summed E-state index contributed by atoms with van der Waals surface area (Å²) in [6.07, 6.45) is 5.41. The fraction of sp³-hybridized carbons (Fsp3) is 0.588. The maximum absolute atomic E-state index is 5.76. The zero-order chi connectivity index (χ0) is 16.2. The second-order valence-corrected chi connectivity index (χ2v) is 6.37. The predicted octanol–water partition coefficient (Wildman–Crippen LogP) is 2.22. The topological polar surface area (TPSA) is 76.3 Å². The standard InChI is InChI=1S/C17H23N5O2/c1-2-7-18-14(6-1)15(22-8-10-23-11-9-22)12-19-17-21-20-16(24-17)13-4-3-5-13/h1-2,6-7,13,15H,3-5,8-12H2,(H,19,21)/t15-/m1/s1. The van der Waals surface area contributed by atoms with Gasteiger partial charge in [-0.25, -0.2) is 0 Å². The number of nitrogens with zero attached hydrogens (tertiary/aromatic N) is 4. The van der Waals surface area contributed by atoms with Crippen LogP contribution in [-0.2, 0) is 4.74 Å². The summed E-state index contributed by atoms with van der Waals surface area (Å²) in [6, 6.07) is 6.70. The summed E-state index contributed by atoms with van der Waals surface area (Å²) in [5.41, 5.74) is 1.05. The van der Waals surface area contributed by atoms with Crippen LogP contribution in [0.3, 0.4) is 0 Å². The van der Waals surface area contributed by atoms with E-state index in [0.29, 0.717) is 18.5 Å². The van der Waals surface area contributed by atoms with Gasteiger partial charge in [0, 0.05) is 31.7 Å². The van der Waals surface area contributed by atoms with E-state index in [-0.39, 0.29) is 6.04 Å². The van der Waals surface area contributed by atoms with Crippen LogP contribution in [0.15, 0.2) is 28.8 Å². The van der Waals surface area contributed by atoms with Crippen LogP contribution in [0.5, 0.6) is 0 Å². The molecule has 3 heterocycles. The summed E-state index contributed by atoms with van der Waals surface area (Å²) in [5.74, 6) is 1.23. The van der Waals surface area contributed by atoms with E-state index in [1.165, 1.54) is 6.42 Å². The molecular weight excluding hydrogens is 306 g/mol. The molecule has 128 valence electrons. The van der Waals surface area contributed by atoms with Gasteiger partial charge in [0.25, 0.3) is 0 Å². The number of morpholine rings is 1. The van der Waals surface area contributed by atoms with E-state index >= 15 is 0 Å². The number of hydrogen-bond acceptors (Lipinski definition) is 7. The molecule has 2 fully saturated rings. The lowest BCUT2D eigenvalue weighted by atomic mass is 9.85. The van der Waals surface area contributed by atoms with Gasteiger partial charge in [0.05, 0.1) is 24.9 Å². The van der Waals surface area contributed by atoms with Crippen molar-refractivity contribution in [2.75, 3.05) is 38.2 Å². The van der Waals surface area contributed by atoms with E-state index in [1.54, 1.807) is 0 Å². The highest BCUT2D eigenvalue weighted by atomic mass is 16.5. The van der Waals surface area contributed by atoms with Crippen molar-refractivity contribution < 1.29 is 9.15 Å². The first-order valence-electron chi connectivity index (χ1n) is 8.70. The third-order valence-electron chi connectivity index (χ3n) is 4.86. The largest absolute Gasteiger partial charge is 0.408 e. The SMILES string of the molecule is c1ccc([C@@H](CNc2nnc(C3CCC3)o2)N2CCOCC2)nc1. The Balaban J connectivity index is 1.44. The van der Waals surface area contributed by atoms with Crippen molar-refractivity contribution in [3.05, 3.63) is 36.0 Å². The van der Waals surface area contributed by atoms with Crippen molar-refractivity contribution in [3.63, 3.8) is 0 Å². The number of rotatable bonds is 6. The molecule has 4 rings (SSSR count). The Morgan fingerprint density at radius 1 is 1.21 bits per heavy atom. The summed E-state index contributed by atoms with van der Waals surface area (Å²) >= 11 is 0. The Morgan fingerprint density at radius 3 is 2.79 bits per heavy atom. The number of hydrogen-bond donors (Lipinski definition) is 1. The lowest BCUT2D eigenvalue weighted by Gasteiger charge is -2.34. The van der Waals surface area contributed by atoms with Gasteiger partial charge >= 0.3 is 6.01 Å². The van der Waals surface area contributed by atoms with E-state index in [0.717, 1.165) is 50.7 Å². The van der Waals surface area contributed by atoms with Gasteiger partial charge in [0.1, 0.15) is 0 Å². The van der Waals surface area contributed by atoms with Crippen LogP contribution < -0.4 is 5.32 Å². The first-order chi connectivity index (χ1) is 11.9. The van der Waals surface area contributed by atoms with Crippen LogP contribution in [0.2, 0.25) is 0 Å². The fourth-order valence-electron chi connectivity index (χ4n) is 3.19. The van der Waals surface area contributed by atoms with Gasteiger partial charge in [-0.1, -0.05) is 17.6 Å². The second-order valence-electron chi connectivity index (χ2n) is 6.37. The maximum Gasteiger partial charge on any atom is 0.315 e. The number of anilines is 1. The van der Waals surface area contributed by atoms with Gasteiger partial charge in [0.15, 0.2) is 0 Å². The molecule has 7 heteroatoms. The van der Waals surface area contributed by atoms with Crippen molar-refractivity contribution in [1.29, 1.82) is 0 Å². The molecule has 0 spiro atoms. The maximum atomic E-state index is 5.76. The molecule has 2 aromatic rings. The molecule has 0 radical (unpaired) electrons. The van der Waals surface area contributed by atoms with E-state index < -0.39 is 0 Å². The van der Waals surface area contributed by atoms with Gasteiger partial charge in [-0.3, -0.25) is 9.88 Å². The van der Waals surface area contributed by atoms with Gasteiger partial charge in [-0.05, 0) is 25.0 Å². The quantitative estimate of drug-likeness (QED) is 0.870. The molecule has 2 aromatic heterocycles. The average molecular weight is 329 g/mol. The molecule has 0 bridgehead atoms. The summed E-state index contributed by atoms with van der Waals surface area (Å²) in [7, 11) is 0. The third kappa shape index (κ3) is 3.42. The Hall–Kier alpha value is -1.99. The molecule has 1 saturated carbocycles. The van der Waals surface area contributed by atoms with Crippen LogP contribution in [-0.4, -0.2) is 52.9 Å². The summed E-state index contributed by atoms with van der Waals surface area (Å²) in [4.78, 5) is 6.92. The second kappa shape index (κ2) is 7.27. The Kier molecular flexibility index (Phi) is 4.71. The lowest BCUT2D eigenvalue weighted by Crippen LogP contribution is -2.41. The van der Waals surface area contributed by atoms with Crippen LogP contribution in [0, 0.1) is 0 Å². The monoisotopic (exact) mass is 329 g/mol. The molecule has 24 heavy (non-hydrogen) atoms. The van der Waals surface area contributed by atoms with Crippen molar-refractivity contribution in [2.45, 2.75) is 31.2 Å². The highest BCUT2D eigenvalue weighted by Gasteiger charge is 2.26. The molecule has 1 aliphatic heterocycles. The van der Waals surface area contributed by atoms with Crippen LogP contribution in [0.1, 0.15) is 42.8 Å². The number of aromatic nitrogens is 3. The molecule has 1 atom stereocenters. The molecule has 2 aliphatic rings. The zero-order valence-electron chi connectivity index (χ0n) is 13.7. The van der Waals surface area contributed by atoms with Crippen LogP contribution in [0.25, 0.3) is 0 Å². The van der Waals surface area contributed by atoms with Crippen molar-refractivity contribution in [3.8, 4) is 0 Å². The van der Waals surface area contributed by atoms with Gasteiger partial charge in [-0.15, -0.1) is 5.10 Å². The van der Waals surface area contributed by atoms with Gasteiger partial charge in [0.2, 0.25) is 5.89 Å². The number of ether oxygens (including phenoxy) is 1. The Morgan fingerprint density at radius 2 is 2.08 bits per heavy atom. The highest BCUT2D eigenvalue weighted by molar-refractivity contribution is 5.21. The molecule has 0 aromatic carbocycles. The molecule has 0 unspecified atom stereocenters. The molecule has 1 aliphatic carbocycles. The highest BCUT2D eigenvalue weighted by Crippen LogP contribution is 2.35. The molecule has 1 N–H and O–H groups in total. The Bertz CT molecular complexity index is 637. The molecule has 1 saturated heterocycles.